The van der Waals surface area contributed by atoms with Crippen LogP contribution in [-0.4, -0.2) is 60.4 Å². The van der Waals surface area contributed by atoms with Crippen LogP contribution in [0.25, 0.3) is 5.76 Å². The zero-order valence-electron chi connectivity index (χ0n) is 17.7. The number of ketones is 1. The van der Waals surface area contributed by atoms with E-state index in [9.17, 15) is 14.7 Å². The Morgan fingerprint density at radius 2 is 1.73 bits per heavy atom. The number of likely N-dealkylation sites (tertiary alicyclic amines) is 1. The average Bonchev–Trinajstić information content (AvgIpc) is 2.99. The third-order valence-corrected chi connectivity index (χ3v) is 5.10. The lowest BCUT2D eigenvalue weighted by atomic mass is 9.95. The molecule has 1 atom stereocenters. The van der Waals surface area contributed by atoms with Crippen LogP contribution < -0.4 is 4.74 Å². The van der Waals surface area contributed by atoms with Gasteiger partial charge >= 0.3 is 0 Å². The summed E-state index contributed by atoms with van der Waals surface area (Å²) in [6.45, 7) is 3.67. The summed E-state index contributed by atoms with van der Waals surface area (Å²) in [6.07, 6.45) is 0.721. The number of aliphatic hydroxyl groups is 1. The maximum absolute atomic E-state index is 12.9. The molecule has 1 saturated heterocycles. The first-order valence-electron chi connectivity index (χ1n) is 10.1. The fourth-order valence-corrected chi connectivity index (χ4v) is 3.68. The molecule has 158 valence electrons. The van der Waals surface area contributed by atoms with E-state index in [2.05, 4.69) is 0 Å². The van der Waals surface area contributed by atoms with Crippen molar-refractivity contribution >= 4 is 17.4 Å². The first-order valence-corrected chi connectivity index (χ1v) is 10.1. The highest BCUT2D eigenvalue weighted by molar-refractivity contribution is 6.46. The molecule has 1 N–H and O–H groups in total. The first kappa shape index (κ1) is 21.6. The number of aliphatic hydroxyl groups excluding tert-OH is 1. The Hall–Kier alpha value is -3.12. The van der Waals surface area contributed by atoms with Crippen molar-refractivity contribution in [3.63, 3.8) is 0 Å². The number of ether oxygens (including phenoxy) is 1. The van der Waals surface area contributed by atoms with E-state index in [0.717, 1.165) is 18.5 Å². The monoisotopic (exact) mass is 408 g/mol. The topological polar surface area (TPSA) is 70.1 Å². The van der Waals surface area contributed by atoms with Crippen molar-refractivity contribution in [2.45, 2.75) is 19.4 Å². The highest BCUT2D eigenvalue weighted by Gasteiger charge is 2.45. The molecule has 6 nitrogen and oxygen atoms in total. The molecule has 0 saturated carbocycles. The van der Waals surface area contributed by atoms with Gasteiger partial charge in [-0.15, -0.1) is 0 Å². The number of amides is 1. The molecule has 1 aliphatic rings. The molecule has 1 amide bonds. The molecule has 1 fully saturated rings. The van der Waals surface area contributed by atoms with Gasteiger partial charge in [-0.2, -0.15) is 0 Å². The molecule has 0 aliphatic carbocycles. The van der Waals surface area contributed by atoms with Gasteiger partial charge in [-0.1, -0.05) is 42.5 Å². The normalized spacial score (nSPS) is 18.3. The maximum atomic E-state index is 12.9. The molecule has 0 aromatic heterocycles. The van der Waals surface area contributed by atoms with Crippen molar-refractivity contribution < 1.29 is 19.4 Å². The van der Waals surface area contributed by atoms with E-state index >= 15 is 0 Å². The number of hydrogen-bond acceptors (Lipinski definition) is 5. The van der Waals surface area contributed by atoms with Gasteiger partial charge in [0.05, 0.1) is 18.2 Å². The van der Waals surface area contributed by atoms with Crippen LogP contribution in [0.3, 0.4) is 0 Å². The quantitative estimate of drug-likeness (QED) is 0.412. The van der Waals surface area contributed by atoms with Gasteiger partial charge in [0.2, 0.25) is 0 Å². The van der Waals surface area contributed by atoms with Gasteiger partial charge in [-0.3, -0.25) is 9.59 Å². The Morgan fingerprint density at radius 1 is 1.07 bits per heavy atom. The summed E-state index contributed by atoms with van der Waals surface area (Å²) in [7, 11) is 3.93. The third kappa shape index (κ3) is 4.54. The summed E-state index contributed by atoms with van der Waals surface area (Å²) in [5.74, 6) is -0.665. The molecule has 0 unspecified atom stereocenters. The second-order valence-corrected chi connectivity index (χ2v) is 7.52. The van der Waals surface area contributed by atoms with E-state index in [-0.39, 0.29) is 11.3 Å². The summed E-state index contributed by atoms with van der Waals surface area (Å²) in [4.78, 5) is 29.4. The first-order chi connectivity index (χ1) is 14.4. The fourth-order valence-electron chi connectivity index (χ4n) is 3.68. The van der Waals surface area contributed by atoms with Crippen LogP contribution in [0.1, 0.15) is 30.5 Å². The summed E-state index contributed by atoms with van der Waals surface area (Å²) in [5, 5.41) is 11.0. The minimum absolute atomic E-state index is 0.125. The number of benzene rings is 2. The summed E-state index contributed by atoms with van der Waals surface area (Å²) < 4.78 is 5.51. The molecule has 3 rings (SSSR count). The molecule has 2 aromatic rings. The zero-order chi connectivity index (χ0) is 21.7. The minimum atomic E-state index is -0.653. The minimum Gasteiger partial charge on any atom is -0.507 e. The van der Waals surface area contributed by atoms with E-state index < -0.39 is 17.7 Å². The van der Waals surface area contributed by atoms with Gasteiger partial charge in [0.1, 0.15) is 11.5 Å². The number of Topliss-reactive ketones (excluding diaryl/α,β-unsaturated/α-hetero) is 1. The fraction of sp³-hybridized carbons (Fsp3) is 0.333. The van der Waals surface area contributed by atoms with E-state index in [0.29, 0.717) is 24.5 Å². The van der Waals surface area contributed by atoms with Crippen molar-refractivity contribution in [3.05, 3.63) is 71.3 Å². The van der Waals surface area contributed by atoms with Gasteiger partial charge < -0.3 is 19.6 Å². The van der Waals surface area contributed by atoms with Gasteiger partial charge in [-0.05, 0) is 51.7 Å². The van der Waals surface area contributed by atoms with E-state index in [1.165, 1.54) is 0 Å². The van der Waals surface area contributed by atoms with E-state index in [1.807, 2.05) is 56.3 Å². The van der Waals surface area contributed by atoms with Crippen molar-refractivity contribution in [2.75, 3.05) is 33.8 Å². The molecule has 2 aromatic carbocycles. The number of carbonyl (C=O) groups is 2. The van der Waals surface area contributed by atoms with Crippen molar-refractivity contribution in [1.82, 2.24) is 9.80 Å². The second-order valence-electron chi connectivity index (χ2n) is 7.52. The third-order valence-electron chi connectivity index (χ3n) is 5.10. The number of hydrogen-bond donors (Lipinski definition) is 1. The summed E-state index contributed by atoms with van der Waals surface area (Å²) >= 11 is 0. The van der Waals surface area contributed by atoms with Crippen LogP contribution >= 0.6 is 0 Å². The Morgan fingerprint density at radius 3 is 2.33 bits per heavy atom. The smallest absolute Gasteiger partial charge is 0.295 e. The maximum Gasteiger partial charge on any atom is 0.295 e. The van der Waals surface area contributed by atoms with Crippen LogP contribution in [0.2, 0.25) is 0 Å². The number of nitrogens with zero attached hydrogens (tertiary/aromatic N) is 2. The Kier molecular flexibility index (Phi) is 6.90. The van der Waals surface area contributed by atoms with Crippen molar-refractivity contribution in [3.8, 4) is 5.75 Å². The molecule has 1 aliphatic heterocycles. The summed E-state index contributed by atoms with van der Waals surface area (Å²) in [6, 6.07) is 15.6. The molecule has 0 radical (unpaired) electrons. The van der Waals surface area contributed by atoms with E-state index in [1.54, 1.807) is 29.2 Å². The van der Waals surface area contributed by atoms with Crippen LogP contribution in [0.15, 0.2) is 60.2 Å². The van der Waals surface area contributed by atoms with Gasteiger partial charge in [0, 0.05) is 12.1 Å². The Bertz CT molecular complexity index is 920. The van der Waals surface area contributed by atoms with E-state index in [4.69, 9.17) is 4.74 Å². The van der Waals surface area contributed by atoms with Crippen LogP contribution in [0.4, 0.5) is 0 Å². The van der Waals surface area contributed by atoms with Crippen LogP contribution in [0, 0.1) is 0 Å². The van der Waals surface area contributed by atoms with Crippen LogP contribution in [-0.2, 0) is 9.59 Å². The standard InChI is InChI=1S/C24H28N2O4/c1-4-30-19-13-11-17(12-14-19)21-20(22(27)18-9-6-5-7-10-18)23(28)24(29)26(21)16-8-15-25(2)3/h5-7,9-14,21,27H,4,8,15-16H2,1-3H3/b22-20+/t21-/m0/s1. The highest BCUT2D eigenvalue weighted by atomic mass is 16.5. The average molecular weight is 408 g/mol. The lowest BCUT2D eigenvalue weighted by Gasteiger charge is -2.26. The lowest BCUT2D eigenvalue weighted by Crippen LogP contribution is -2.32. The van der Waals surface area contributed by atoms with Gasteiger partial charge in [-0.25, -0.2) is 0 Å². The predicted octanol–water partition coefficient (Wildman–Crippen LogP) is 3.46. The molecular formula is C24H28N2O4. The molecule has 0 bridgehead atoms. The zero-order valence-corrected chi connectivity index (χ0v) is 17.7. The van der Waals surface area contributed by atoms with Crippen molar-refractivity contribution in [1.29, 1.82) is 0 Å². The van der Waals surface area contributed by atoms with Crippen molar-refractivity contribution in [2.24, 2.45) is 0 Å². The number of rotatable bonds is 8. The summed E-state index contributed by atoms with van der Waals surface area (Å²) in [5.41, 5.74) is 1.40. The van der Waals surface area contributed by atoms with Gasteiger partial charge in [0.25, 0.3) is 11.7 Å². The molecule has 1 heterocycles. The predicted molar refractivity (Wildman–Crippen MR) is 116 cm³/mol. The lowest BCUT2D eigenvalue weighted by molar-refractivity contribution is -0.139. The molecular weight excluding hydrogens is 380 g/mol. The highest BCUT2D eigenvalue weighted by Crippen LogP contribution is 2.39. The SMILES string of the molecule is CCOc1ccc([C@H]2/C(=C(\O)c3ccccc3)C(=O)C(=O)N2CCCN(C)C)cc1. The van der Waals surface area contributed by atoms with Gasteiger partial charge in [0.15, 0.2) is 0 Å². The van der Waals surface area contributed by atoms with Crippen LogP contribution in [0.5, 0.6) is 5.75 Å². The Balaban J connectivity index is 2.05. The molecule has 0 spiro atoms. The molecule has 30 heavy (non-hydrogen) atoms. The second kappa shape index (κ2) is 9.59. The largest absolute Gasteiger partial charge is 0.507 e. The number of carbonyl (C=O) groups excluding carboxylic acids is 2. The molecule has 6 heteroatoms. The Labute approximate surface area is 177 Å².